The van der Waals surface area contributed by atoms with Gasteiger partial charge in [0.05, 0.1) is 6.54 Å². The number of aromatic amines is 1. The summed E-state index contributed by atoms with van der Waals surface area (Å²) in [6.07, 6.45) is 0. The number of halogens is 2. The molecule has 1 aromatic carbocycles. The number of H-pyrrole nitrogens is 1. The van der Waals surface area contributed by atoms with Crippen LogP contribution in [0.25, 0.3) is 11.2 Å². The molecule has 0 aliphatic rings. The molecule has 0 spiro atoms. The van der Waals surface area contributed by atoms with Gasteiger partial charge in [-0.15, -0.1) is 0 Å². The van der Waals surface area contributed by atoms with Crippen LogP contribution in [0.1, 0.15) is 5.56 Å². The Morgan fingerprint density at radius 3 is 2.57 bits per heavy atom. The van der Waals surface area contributed by atoms with Gasteiger partial charge in [-0.25, -0.2) is 10.6 Å². The number of fused-ring (bicyclic) bond motifs is 1. The van der Waals surface area contributed by atoms with Gasteiger partial charge in [-0.3, -0.25) is 24.3 Å². The van der Waals surface area contributed by atoms with Crippen molar-refractivity contribution < 1.29 is 0 Å². The maximum Gasteiger partial charge on any atom is 0.329 e. The molecule has 2 aromatic heterocycles. The maximum atomic E-state index is 12.2. The first-order valence-corrected chi connectivity index (χ1v) is 7.28. The number of anilines is 1. The Morgan fingerprint density at radius 1 is 1.30 bits per heavy atom. The first-order chi connectivity index (χ1) is 10.9. The fourth-order valence-corrected chi connectivity index (χ4v) is 2.86. The molecule has 3 aromatic rings. The van der Waals surface area contributed by atoms with Crippen LogP contribution in [-0.4, -0.2) is 19.1 Å². The molecule has 0 fully saturated rings. The smallest absolute Gasteiger partial charge is 0.299 e. The maximum absolute atomic E-state index is 12.2. The van der Waals surface area contributed by atoms with Crippen molar-refractivity contribution in [3.8, 4) is 0 Å². The van der Waals surface area contributed by atoms with Crippen LogP contribution in [0.2, 0.25) is 10.0 Å². The lowest BCUT2D eigenvalue weighted by Crippen LogP contribution is -2.29. The lowest BCUT2D eigenvalue weighted by atomic mass is 10.2. The fraction of sp³-hybridized carbons (Fsp3) is 0.154. The van der Waals surface area contributed by atoms with Crippen LogP contribution in [0.4, 0.5) is 5.95 Å². The molecule has 2 heterocycles. The van der Waals surface area contributed by atoms with Crippen molar-refractivity contribution in [1.29, 1.82) is 0 Å². The molecule has 0 saturated heterocycles. The molecule has 23 heavy (non-hydrogen) atoms. The number of hydrazine groups is 1. The van der Waals surface area contributed by atoms with E-state index in [0.29, 0.717) is 15.6 Å². The molecule has 3 rings (SSSR count). The van der Waals surface area contributed by atoms with Crippen LogP contribution in [0, 0.1) is 0 Å². The molecule has 0 aliphatic heterocycles. The number of aryl methyl sites for hydroxylation is 1. The largest absolute Gasteiger partial charge is 0.329 e. The summed E-state index contributed by atoms with van der Waals surface area (Å²) in [7, 11) is 1.50. The molecule has 120 valence electrons. The molecular weight excluding hydrogens is 343 g/mol. The Hall–Kier alpha value is -2.29. The van der Waals surface area contributed by atoms with Crippen molar-refractivity contribution in [2.24, 2.45) is 12.9 Å². The summed E-state index contributed by atoms with van der Waals surface area (Å²) in [6.45, 7) is 0.163. The SMILES string of the molecule is Cn1c(=O)[nH]c(=O)c2c1nc(NN)n2Cc1c(Cl)cccc1Cl. The lowest BCUT2D eigenvalue weighted by Gasteiger charge is -2.11. The predicted octanol–water partition coefficient (Wildman–Crippen LogP) is 1.06. The Kier molecular flexibility index (Phi) is 3.88. The van der Waals surface area contributed by atoms with Gasteiger partial charge in [0.25, 0.3) is 5.56 Å². The number of hydrogen-bond acceptors (Lipinski definition) is 5. The van der Waals surface area contributed by atoms with Crippen molar-refractivity contribution in [3.63, 3.8) is 0 Å². The van der Waals surface area contributed by atoms with E-state index in [-0.39, 0.29) is 23.7 Å². The minimum absolute atomic E-state index is 0.163. The Labute approximate surface area is 139 Å². The van der Waals surface area contributed by atoms with Gasteiger partial charge in [-0.05, 0) is 12.1 Å². The second kappa shape index (κ2) is 5.73. The number of nitrogens with zero attached hydrogens (tertiary/aromatic N) is 3. The highest BCUT2D eigenvalue weighted by molar-refractivity contribution is 6.36. The molecule has 0 bridgehead atoms. The van der Waals surface area contributed by atoms with Crippen molar-refractivity contribution in [3.05, 3.63) is 54.6 Å². The highest BCUT2D eigenvalue weighted by Crippen LogP contribution is 2.27. The second-order valence-electron chi connectivity index (χ2n) is 4.86. The summed E-state index contributed by atoms with van der Waals surface area (Å²) >= 11 is 12.4. The third kappa shape index (κ3) is 2.50. The highest BCUT2D eigenvalue weighted by Gasteiger charge is 2.18. The predicted molar refractivity (Wildman–Crippen MR) is 89.0 cm³/mol. The van der Waals surface area contributed by atoms with E-state index in [4.69, 9.17) is 29.0 Å². The lowest BCUT2D eigenvalue weighted by molar-refractivity contribution is 0.808. The van der Waals surface area contributed by atoms with Crippen LogP contribution in [0.5, 0.6) is 0 Å². The first kappa shape index (κ1) is 15.6. The van der Waals surface area contributed by atoms with E-state index in [2.05, 4.69) is 15.4 Å². The molecule has 0 atom stereocenters. The number of rotatable bonds is 3. The van der Waals surface area contributed by atoms with E-state index in [0.717, 1.165) is 0 Å². The molecule has 4 N–H and O–H groups in total. The monoisotopic (exact) mass is 354 g/mol. The van der Waals surface area contributed by atoms with Gasteiger partial charge in [-0.1, -0.05) is 29.3 Å². The quantitative estimate of drug-likeness (QED) is 0.481. The summed E-state index contributed by atoms with van der Waals surface area (Å²) in [6, 6.07) is 5.10. The molecule has 0 aliphatic carbocycles. The number of aromatic nitrogens is 4. The van der Waals surface area contributed by atoms with Crippen LogP contribution in [0.3, 0.4) is 0 Å². The Morgan fingerprint density at radius 2 is 1.96 bits per heavy atom. The average Bonchev–Trinajstić information content (AvgIpc) is 2.88. The van der Waals surface area contributed by atoms with Crippen molar-refractivity contribution in [2.45, 2.75) is 6.54 Å². The van der Waals surface area contributed by atoms with Crippen LogP contribution in [-0.2, 0) is 13.6 Å². The number of nitrogens with one attached hydrogen (secondary N) is 2. The number of hydrogen-bond donors (Lipinski definition) is 3. The van der Waals surface area contributed by atoms with Gasteiger partial charge in [0.15, 0.2) is 11.2 Å². The van der Waals surface area contributed by atoms with Gasteiger partial charge in [-0.2, -0.15) is 4.98 Å². The van der Waals surface area contributed by atoms with Crippen LogP contribution in [0.15, 0.2) is 27.8 Å². The number of benzene rings is 1. The fourth-order valence-electron chi connectivity index (χ4n) is 2.34. The van der Waals surface area contributed by atoms with E-state index >= 15 is 0 Å². The average molecular weight is 355 g/mol. The van der Waals surface area contributed by atoms with Crippen LogP contribution < -0.4 is 22.5 Å². The summed E-state index contributed by atoms with van der Waals surface area (Å²) < 4.78 is 2.74. The van der Waals surface area contributed by atoms with Crippen LogP contribution >= 0.6 is 23.2 Å². The van der Waals surface area contributed by atoms with Gasteiger partial charge >= 0.3 is 5.69 Å². The summed E-state index contributed by atoms with van der Waals surface area (Å²) in [5.41, 5.74) is 2.29. The Balaban J connectivity index is 2.31. The third-order valence-corrected chi connectivity index (χ3v) is 4.22. The molecular formula is C13H12Cl2N6O2. The normalized spacial score (nSPS) is 11.1. The van der Waals surface area contributed by atoms with Gasteiger partial charge in [0.2, 0.25) is 5.95 Å². The van der Waals surface area contributed by atoms with Crippen molar-refractivity contribution in [2.75, 3.05) is 5.43 Å². The number of imidazole rings is 1. The van der Waals surface area contributed by atoms with Crippen molar-refractivity contribution >= 4 is 40.3 Å². The molecule has 0 saturated carbocycles. The minimum atomic E-state index is -0.569. The molecule has 0 unspecified atom stereocenters. The summed E-state index contributed by atoms with van der Waals surface area (Å²) in [4.78, 5) is 30.3. The Bertz CT molecular complexity index is 999. The molecule has 10 heteroatoms. The zero-order chi connectivity index (χ0) is 16.7. The zero-order valence-corrected chi connectivity index (χ0v) is 13.4. The molecule has 8 nitrogen and oxygen atoms in total. The van der Waals surface area contributed by atoms with E-state index in [1.807, 2.05) is 0 Å². The zero-order valence-electron chi connectivity index (χ0n) is 11.9. The minimum Gasteiger partial charge on any atom is -0.299 e. The summed E-state index contributed by atoms with van der Waals surface area (Å²) in [5, 5.41) is 0.896. The standard InChI is InChI=1S/C13H12Cl2N6O2/c1-20-10-9(11(22)18-13(20)23)21(12(17-10)19-16)5-6-7(14)3-2-4-8(6)15/h2-4H,5,16H2,1H3,(H,17,19)(H,18,22,23). The molecule has 0 amide bonds. The number of nitrogens with two attached hydrogens (primary N) is 1. The van der Waals surface area contributed by atoms with E-state index in [1.54, 1.807) is 18.2 Å². The van der Waals surface area contributed by atoms with Gasteiger partial charge < -0.3 is 0 Å². The first-order valence-electron chi connectivity index (χ1n) is 6.53. The van der Waals surface area contributed by atoms with Gasteiger partial charge in [0.1, 0.15) is 0 Å². The highest BCUT2D eigenvalue weighted by atomic mass is 35.5. The second-order valence-corrected chi connectivity index (χ2v) is 5.67. The van der Waals surface area contributed by atoms with Crippen molar-refractivity contribution in [1.82, 2.24) is 19.1 Å². The summed E-state index contributed by atoms with van der Waals surface area (Å²) in [5.74, 6) is 5.69. The molecule has 0 radical (unpaired) electrons. The third-order valence-electron chi connectivity index (χ3n) is 3.51. The van der Waals surface area contributed by atoms with E-state index in [9.17, 15) is 9.59 Å². The van der Waals surface area contributed by atoms with E-state index < -0.39 is 11.2 Å². The topological polar surface area (TPSA) is 111 Å². The van der Waals surface area contributed by atoms with Gasteiger partial charge in [0, 0.05) is 22.7 Å². The number of nitrogen functional groups attached to an aromatic ring is 1. The van der Waals surface area contributed by atoms with E-state index in [1.165, 1.54) is 16.2 Å².